The Balaban J connectivity index is 1.51. The van der Waals surface area contributed by atoms with Gasteiger partial charge in [-0.2, -0.15) is 0 Å². The van der Waals surface area contributed by atoms with E-state index in [0.717, 1.165) is 38.3 Å². The summed E-state index contributed by atoms with van der Waals surface area (Å²) in [6, 6.07) is 0.587. The molecule has 0 unspecified atom stereocenters. The van der Waals surface area contributed by atoms with Gasteiger partial charge in [-0.25, -0.2) is 9.78 Å². The highest BCUT2D eigenvalue weighted by molar-refractivity contribution is 5.67. The maximum atomic E-state index is 11.8. The van der Waals surface area contributed by atoms with E-state index in [2.05, 4.69) is 14.9 Å². The number of hydrogen-bond acceptors (Lipinski definition) is 4. The van der Waals surface area contributed by atoms with Crippen molar-refractivity contribution >= 4 is 6.09 Å². The molecule has 6 nitrogen and oxygen atoms in total. The monoisotopic (exact) mass is 306 g/mol. The van der Waals surface area contributed by atoms with Crippen LogP contribution in [0.4, 0.5) is 4.79 Å². The minimum absolute atomic E-state index is 0.159. The van der Waals surface area contributed by atoms with Crippen LogP contribution in [-0.4, -0.2) is 64.7 Å². The Morgan fingerprint density at radius 2 is 2.18 bits per heavy atom. The lowest BCUT2D eigenvalue weighted by molar-refractivity contribution is 0.0646. The van der Waals surface area contributed by atoms with E-state index in [0.29, 0.717) is 18.6 Å². The zero-order valence-corrected chi connectivity index (χ0v) is 13.3. The maximum Gasteiger partial charge on any atom is 0.409 e. The molecule has 1 aromatic heterocycles. The molecule has 122 valence electrons. The largest absolute Gasteiger partial charge is 0.450 e. The van der Waals surface area contributed by atoms with Crippen LogP contribution >= 0.6 is 0 Å². The summed E-state index contributed by atoms with van der Waals surface area (Å²) in [5, 5.41) is 0. The molecule has 0 aliphatic carbocycles. The van der Waals surface area contributed by atoms with E-state index in [1.165, 1.54) is 19.4 Å². The second kappa shape index (κ2) is 7.13. The number of ether oxygens (including phenoxy) is 1. The van der Waals surface area contributed by atoms with Crippen LogP contribution in [0.25, 0.3) is 0 Å². The number of carbonyl (C=O) groups is 1. The highest BCUT2D eigenvalue weighted by Gasteiger charge is 2.31. The minimum Gasteiger partial charge on any atom is -0.450 e. The lowest BCUT2D eigenvalue weighted by Crippen LogP contribution is -2.49. The van der Waals surface area contributed by atoms with Gasteiger partial charge in [0.15, 0.2) is 0 Å². The summed E-state index contributed by atoms with van der Waals surface area (Å²) in [5.41, 5.74) is 0. The second-order valence-electron chi connectivity index (χ2n) is 6.23. The Kier molecular flexibility index (Phi) is 4.97. The molecule has 1 atom stereocenters. The molecule has 2 aliphatic rings. The van der Waals surface area contributed by atoms with E-state index < -0.39 is 0 Å². The van der Waals surface area contributed by atoms with Gasteiger partial charge in [0.05, 0.1) is 6.61 Å². The number of aromatic nitrogens is 2. The minimum atomic E-state index is -0.159. The van der Waals surface area contributed by atoms with Gasteiger partial charge in [0.1, 0.15) is 5.82 Å². The number of imidazole rings is 1. The van der Waals surface area contributed by atoms with Crippen LogP contribution in [0.2, 0.25) is 0 Å². The molecular formula is C16H26N4O2. The SMILES string of the molecule is CCOC(=O)N1CCC(N2CCC[C@H](c3ncc[nH]3)C2)CC1. The van der Waals surface area contributed by atoms with E-state index in [1.54, 1.807) is 0 Å². The molecule has 2 fully saturated rings. The third-order valence-electron chi connectivity index (χ3n) is 4.87. The molecule has 1 aromatic rings. The predicted molar refractivity (Wildman–Crippen MR) is 83.8 cm³/mol. The molecular weight excluding hydrogens is 280 g/mol. The Bertz CT molecular complexity index is 469. The Hall–Kier alpha value is -1.56. The first kappa shape index (κ1) is 15.3. The van der Waals surface area contributed by atoms with Gasteiger partial charge in [-0.3, -0.25) is 4.90 Å². The predicted octanol–water partition coefficient (Wildman–Crippen LogP) is 2.21. The average Bonchev–Trinajstić information content (AvgIpc) is 3.10. The van der Waals surface area contributed by atoms with Crippen LogP contribution in [-0.2, 0) is 4.74 Å². The number of nitrogens with one attached hydrogen (secondary N) is 1. The molecule has 6 heteroatoms. The van der Waals surface area contributed by atoms with E-state index in [9.17, 15) is 4.79 Å². The van der Waals surface area contributed by atoms with Crippen molar-refractivity contribution in [2.24, 2.45) is 0 Å². The summed E-state index contributed by atoms with van der Waals surface area (Å²) in [6.45, 7) is 6.18. The van der Waals surface area contributed by atoms with Crippen molar-refractivity contribution < 1.29 is 9.53 Å². The molecule has 2 saturated heterocycles. The van der Waals surface area contributed by atoms with Gasteiger partial charge in [-0.1, -0.05) is 0 Å². The fourth-order valence-corrected chi connectivity index (χ4v) is 3.69. The van der Waals surface area contributed by atoms with E-state index in [4.69, 9.17) is 4.74 Å². The van der Waals surface area contributed by atoms with Crippen molar-refractivity contribution in [2.45, 2.75) is 44.6 Å². The zero-order valence-electron chi connectivity index (χ0n) is 13.3. The fourth-order valence-electron chi connectivity index (χ4n) is 3.69. The third kappa shape index (κ3) is 3.43. The normalized spacial score (nSPS) is 24.4. The van der Waals surface area contributed by atoms with Crippen molar-refractivity contribution in [3.8, 4) is 0 Å². The number of piperidine rings is 2. The quantitative estimate of drug-likeness (QED) is 0.930. The van der Waals surface area contributed by atoms with Crippen LogP contribution in [0, 0.1) is 0 Å². The molecule has 1 amide bonds. The number of H-pyrrole nitrogens is 1. The van der Waals surface area contributed by atoms with Crippen LogP contribution in [0.15, 0.2) is 12.4 Å². The highest BCUT2D eigenvalue weighted by Crippen LogP contribution is 2.28. The summed E-state index contributed by atoms with van der Waals surface area (Å²) in [7, 11) is 0. The highest BCUT2D eigenvalue weighted by atomic mass is 16.6. The lowest BCUT2D eigenvalue weighted by atomic mass is 9.93. The first-order valence-electron chi connectivity index (χ1n) is 8.43. The van der Waals surface area contributed by atoms with Crippen molar-refractivity contribution in [3.05, 3.63) is 18.2 Å². The Morgan fingerprint density at radius 3 is 2.86 bits per heavy atom. The standard InChI is InChI=1S/C16H26N4O2/c1-2-22-16(21)19-10-5-14(6-11-19)20-9-3-4-13(12-20)15-17-7-8-18-15/h7-8,13-14H,2-6,9-12H2,1H3,(H,17,18)/t13-/m0/s1. The average molecular weight is 306 g/mol. The van der Waals surface area contributed by atoms with E-state index in [-0.39, 0.29) is 6.09 Å². The van der Waals surface area contributed by atoms with Crippen LogP contribution in [0.1, 0.15) is 44.3 Å². The lowest BCUT2D eigenvalue weighted by Gasteiger charge is -2.41. The molecule has 2 aliphatic heterocycles. The number of carbonyl (C=O) groups excluding carboxylic acids is 1. The van der Waals surface area contributed by atoms with E-state index in [1.807, 2.05) is 24.2 Å². The number of likely N-dealkylation sites (tertiary alicyclic amines) is 2. The first-order valence-corrected chi connectivity index (χ1v) is 8.43. The van der Waals surface area contributed by atoms with Crippen molar-refractivity contribution in [1.29, 1.82) is 0 Å². The number of rotatable bonds is 3. The molecule has 0 radical (unpaired) electrons. The maximum absolute atomic E-state index is 11.8. The Labute approximate surface area is 131 Å². The molecule has 1 N–H and O–H groups in total. The van der Waals surface area contributed by atoms with Crippen LogP contribution in [0.3, 0.4) is 0 Å². The smallest absolute Gasteiger partial charge is 0.409 e. The Morgan fingerprint density at radius 1 is 1.36 bits per heavy atom. The summed E-state index contributed by atoms with van der Waals surface area (Å²) in [5.74, 6) is 1.64. The third-order valence-corrected chi connectivity index (χ3v) is 4.87. The first-order chi connectivity index (χ1) is 10.8. The second-order valence-corrected chi connectivity index (χ2v) is 6.23. The van der Waals surface area contributed by atoms with Gasteiger partial charge in [0.25, 0.3) is 0 Å². The molecule has 3 heterocycles. The van der Waals surface area contributed by atoms with Crippen LogP contribution in [0.5, 0.6) is 0 Å². The summed E-state index contributed by atoms with van der Waals surface area (Å²) < 4.78 is 5.09. The van der Waals surface area contributed by atoms with Gasteiger partial charge < -0.3 is 14.6 Å². The topological polar surface area (TPSA) is 61.5 Å². The fraction of sp³-hybridized carbons (Fsp3) is 0.750. The van der Waals surface area contributed by atoms with Gasteiger partial charge >= 0.3 is 6.09 Å². The van der Waals surface area contributed by atoms with Crippen LogP contribution < -0.4 is 0 Å². The molecule has 3 rings (SSSR count). The number of aromatic amines is 1. The van der Waals surface area contributed by atoms with Gasteiger partial charge in [-0.15, -0.1) is 0 Å². The van der Waals surface area contributed by atoms with Gasteiger partial charge in [-0.05, 0) is 39.2 Å². The molecule has 0 spiro atoms. The molecule has 0 bridgehead atoms. The van der Waals surface area contributed by atoms with Crippen molar-refractivity contribution in [1.82, 2.24) is 19.8 Å². The molecule has 0 aromatic carbocycles. The van der Waals surface area contributed by atoms with Crippen molar-refractivity contribution in [2.75, 3.05) is 32.8 Å². The summed E-state index contributed by atoms with van der Waals surface area (Å²) >= 11 is 0. The number of amides is 1. The molecule has 22 heavy (non-hydrogen) atoms. The number of nitrogens with zero attached hydrogens (tertiary/aromatic N) is 3. The number of hydrogen-bond donors (Lipinski definition) is 1. The van der Waals surface area contributed by atoms with E-state index >= 15 is 0 Å². The van der Waals surface area contributed by atoms with Crippen molar-refractivity contribution in [3.63, 3.8) is 0 Å². The van der Waals surface area contributed by atoms with Gasteiger partial charge in [0.2, 0.25) is 0 Å². The van der Waals surface area contributed by atoms with Gasteiger partial charge in [0, 0.05) is 44.0 Å². The zero-order chi connectivity index (χ0) is 15.4. The molecule has 0 saturated carbocycles. The summed E-state index contributed by atoms with van der Waals surface area (Å²) in [6.07, 6.45) is 8.12. The summed E-state index contributed by atoms with van der Waals surface area (Å²) in [4.78, 5) is 23.9.